The molecule has 26 heavy (non-hydrogen) atoms. The number of rotatable bonds is 5. The van der Waals surface area contributed by atoms with Crippen LogP contribution in [0.1, 0.15) is 46.0 Å². The summed E-state index contributed by atoms with van der Waals surface area (Å²) in [4.78, 5) is 18.8. The Labute approximate surface area is 161 Å². The van der Waals surface area contributed by atoms with Gasteiger partial charge in [-0.25, -0.2) is 4.98 Å². The number of thiazole rings is 1. The summed E-state index contributed by atoms with van der Waals surface area (Å²) in [7, 11) is 0. The van der Waals surface area contributed by atoms with Crippen molar-refractivity contribution >= 4 is 38.8 Å². The summed E-state index contributed by atoms with van der Waals surface area (Å²) >= 11 is 3.38. The molecule has 1 N–H and O–H groups in total. The highest BCUT2D eigenvalue weighted by Gasteiger charge is 2.28. The zero-order chi connectivity index (χ0) is 17.9. The van der Waals surface area contributed by atoms with E-state index in [1.165, 1.54) is 4.88 Å². The standard InChI is InChI=1S/C20H22N2O2S2/c1-2-18-21-15-6-5-14(12-17(15)26-18)20(23)22-19(16-4-3-11-25-16)13-7-9-24-10-8-13/h3-6,11-13,19H,2,7-10H2,1H3,(H,22,23)/t19-/m1/s1. The number of aromatic nitrogens is 1. The van der Waals surface area contributed by atoms with Gasteiger partial charge < -0.3 is 10.1 Å². The molecule has 136 valence electrons. The van der Waals surface area contributed by atoms with Crippen LogP contribution in [0, 0.1) is 5.92 Å². The normalized spacial score (nSPS) is 16.7. The van der Waals surface area contributed by atoms with Gasteiger partial charge >= 0.3 is 0 Å². The van der Waals surface area contributed by atoms with Crippen LogP contribution in [-0.2, 0) is 11.2 Å². The number of aryl methyl sites for hydroxylation is 1. The minimum Gasteiger partial charge on any atom is -0.381 e. The summed E-state index contributed by atoms with van der Waals surface area (Å²) in [6, 6.07) is 10.0. The number of fused-ring (bicyclic) bond motifs is 1. The van der Waals surface area contributed by atoms with Gasteiger partial charge in [-0.2, -0.15) is 0 Å². The van der Waals surface area contributed by atoms with Crippen molar-refractivity contribution in [2.75, 3.05) is 13.2 Å². The first-order chi connectivity index (χ1) is 12.7. The fraction of sp³-hybridized carbons (Fsp3) is 0.400. The molecule has 3 aromatic rings. The summed E-state index contributed by atoms with van der Waals surface area (Å²) in [5.41, 5.74) is 1.68. The van der Waals surface area contributed by atoms with Crippen LogP contribution in [-0.4, -0.2) is 24.1 Å². The minimum atomic E-state index is -0.0109. The smallest absolute Gasteiger partial charge is 0.251 e. The molecule has 0 radical (unpaired) electrons. The molecule has 1 aromatic carbocycles. The Morgan fingerprint density at radius 3 is 2.92 bits per heavy atom. The number of hydrogen-bond acceptors (Lipinski definition) is 5. The first-order valence-corrected chi connectivity index (χ1v) is 10.8. The zero-order valence-electron chi connectivity index (χ0n) is 14.7. The Morgan fingerprint density at radius 2 is 2.19 bits per heavy atom. The summed E-state index contributed by atoms with van der Waals surface area (Å²) < 4.78 is 6.58. The van der Waals surface area contributed by atoms with Crippen molar-refractivity contribution in [3.05, 3.63) is 51.2 Å². The molecule has 1 saturated heterocycles. The maximum atomic E-state index is 13.0. The van der Waals surface area contributed by atoms with Crippen LogP contribution in [0.4, 0.5) is 0 Å². The topological polar surface area (TPSA) is 51.2 Å². The van der Waals surface area contributed by atoms with Gasteiger partial charge in [-0.05, 0) is 54.8 Å². The van der Waals surface area contributed by atoms with E-state index in [2.05, 4.69) is 28.7 Å². The lowest BCUT2D eigenvalue weighted by molar-refractivity contribution is 0.0518. The number of thiophene rings is 1. The van der Waals surface area contributed by atoms with E-state index in [0.29, 0.717) is 11.5 Å². The fourth-order valence-electron chi connectivity index (χ4n) is 3.43. The second-order valence-corrected chi connectivity index (χ2v) is 8.65. The van der Waals surface area contributed by atoms with E-state index >= 15 is 0 Å². The van der Waals surface area contributed by atoms with Gasteiger partial charge in [-0.3, -0.25) is 4.79 Å². The molecule has 6 heteroatoms. The first kappa shape index (κ1) is 17.6. The summed E-state index contributed by atoms with van der Waals surface area (Å²) in [6.45, 7) is 3.65. The van der Waals surface area contributed by atoms with Crippen LogP contribution in [0.2, 0.25) is 0 Å². The van der Waals surface area contributed by atoms with Crippen molar-refractivity contribution in [3.8, 4) is 0 Å². The SMILES string of the molecule is CCc1nc2ccc(C(=O)N[C@@H](c3cccs3)C3CCOCC3)cc2s1. The minimum absolute atomic E-state index is 0.0109. The van der Waals surface area contributed by atoms with E-state index in [4.69, 9.17) is 4.74 Å². The van der Waals surface area contributed by atoms with Crippen molar-refractivity contribution in [3.63, 3.8) is 0 Å². The molecule has 1 aliphatic rings. The Hall–Kier alpha value is -1.76. The van der Waals surface area contributed by atoms with Crippen LogP contribution in [0.15, 0.2) is 35.7 Å². The number of nitrogens with zero attached hydrogens (tertiary/aromatic N) is 1. The molecule has 0 saturated carbocycles. The second-order valence-electron chi connectivity index (χ2n) is 6.56. The number of amides is 1. The Kier molecular flexibility index (Phi) is 5.33. The summed E-state index contributed by atoms with van der Waals surface area (Å²) in [6.07, 6.45) is 2.89. The van der Waals surface area contributed by atoms with Gasteiger partial charge in [0.25, 0.3) is 5.91 Å². The Bertz CT molecular complexity index is 882. The zero-order valence-corrected chi connectivity index (χ0v) is 16.4. The average molecular weight is 387 g/mol. The van der Waals surface area contributed by atoms with E-state index in [1.54, 1.807) is 22.7 Å². The van der Waals surface area contributed by atoms with Gasteiger partial charge in [0.2, 0.25) is 0 Å². The van der Waals surface area contributed by atoms with Gasteiger partial charge in [-0.1, -0.05) is 13.0 Å². The molecule has 0 aliphatic carbocycles. The van der Waals surface area contributed by atoms with Gasteiger partial charge in [0.1, 0.15) is 0 Å². The lowest BCUT2D eigenvalue weighted by atomic mass is 9.90. The lowest BCUT2D eigenvalue weighted by Crippen LogP contribution is -2.35. The molecule has 1 fully saturated rings. The maximum Gasteiger partial charge on any atom is 0.251 e. The van der Waals surface area contributed by atoms with E-state index < -0.39 is 0 Å². The van der Waals surface area contributed by atoms with Crippen LogP contribution in [0.25, 0.3) is 10.2 Å². The van der Waals surface area contributed by atoms with E-state index in [0.717, 1.165) is 47.7 Å². The number of carbonyl (C=O) groups excluding carboxylic acids is 1. The van der Waals surface area contributed by atoms with Gasteiger partial charge in [0, 0.05) is 23.7 Å². The van der Waals surface area contributed by atoms with Crippen LogP contribution in [0.5, 0.6) is 0 Å². The van der Waals surface area contributed by atoms with Crippen molar-refractivity contribution < 1.29 is 9.53 Å². The van der Waals surface area contributed by atoms with Crippen molar-refractivity contribution in [1.82, 2.24) is 10.3 Å². The van der Waals surface area contributed by atoms with Crippen LogP contribution >= 0.6 is 22.7 Å². The summed E-state index contributed by atoms with van der Waals surface area (Å²) in [5.74, 6) is 0.411. The number of nitrogens with one attached hydrogen (secondary N) is 1. The Balaban J connectivity index is 1.57. The fourth-order valence-corrected chi connectivity index (χ4v) is 5.24. The van der Waals surface area contributed by atoms with Crippen molar-refractivity contribution in [1.29, 1.82) is 0 Å². The second kappa shape index (κ2) is 7.86. The van der Waals surface area contributed by atoms with Crippen molar-refractivity contribution in [2.45, 2.75) is 32.2 Å². The molecule has 1 amide bonds. The molecule has 0 unspecified atom stereocenters. The third kappa shape index (κ3) is 3.68. The van der Waals surface area contributed by atoms with Crippen LogP contribution < -0.4 is 5.32 Å². The molecule has 3 heterocycles. The molecule has 2 aromatic heterocycles. The number of carbonyl (C=O) groups is 1. The molecule has 0 bridgehead atoms. The predicted octanol–water partition coefficient (Wildman–Crippen LogP) is 4.82. The van der Waals surface area contributed by atoms with E-state index in [1.807, 2.05) is 24.3 Å². The van der Waals surface area contributed by atoms with E-state index in [-0.39, 0.29) is 11.9 Å². The maximum absolute atomic E-state index is 13.0. The third-order valence-electron chi connectivity index (χ3n) is 4.87. The third-order valence-corrected chi connectivity index (χ3v) is 6.99. The molecule has 1 aliphatic heterocycles. The highest BCUT2D eigenvalue weighted by atomic mass is 32.1. The van der Waals surface area contributed by atoms with Crippen LogP contribution in [0.3, 0.4) is 0 Å². The average Bonchev–Trinajstić information content (AvgIpc) is 3.35. The molecular weight excluding hydrogens is 364 g/mol. The first-order valence-electron chi connectivity index (χ1n) is 9.06. The lowest BCUT2D eigenvalue weighted by Gasteiger charge is -2.30. The summed E-state index contributed by atoms with van der Waals surface area (Å²) in [5, 5.41) is 6.47. The highest BCUT2D eigenvalue weighted by Crippen LogP contribution is 2.33. The largest absolute Gasteiger partial charge is 0.381 e. The van der Waals surface area contributed by atoms with Gasteiger partial charge in [0.15, 0.2) is 0 Å². The predicted molar refractivity (Wildman–Crippen MR) is 107 cm³/mol. The Morgan fingerprint density at radius 1 is 1.35 bits per heavy atom. The highest BCUT2D eigenvalue weighted by molar-refractivity contribution is 7.18. The molecule has 0 spiro atoms. The number of hydrogen-bond donors (Lipinski definition) is 1. The quantitative estimate of drug-likeness (QED) is 0.684. The van der Waals surface area contributed by atoms with Crippen molar-refractivity contribution in [2.24, 2.45) is 5.92 Å². The molecule has 1 atom stereocenters. The monoisotopic (exact) mass is 386 g/mol. The van der Waals surface area contributed by atoms with Gasteiger partial charge in [-0.15, -0.1) is 22.7 Å². The number of benzene rings is 1. The molecular formula is C20H22N2O2S2. The van der Waals surface area contributed by atoms with E-state index in [9.17, 15) is 4.79 Å². The number of ether oxygens (including phenoxy) is 1. The molecule has 4 nitrogen and oxygen atoms in total. The molecule has 4 rings (SSSR count). The van der Waals surface area contributed by atoms with Gasteiger partial charge in [0.05, 0.1) is 21.3 Å².